The van der Waals surface area contributed by atoms with Crippen LogP contribution in [0.4, 0.5) is 5.69 Å². The summed E-state index contributed by atoms with van der Waals surface area (Å²) in [6, 6.07) is 25.7. The maximum atomic E-state index is 13.8. The fraction of sp³-hybridized carbons (Fsp3) is 0.0303. The third kappa shape index (κ3) is 5.80. The number of nitrogens with one attached hydrogen (secondary N) is 1. The molecule has 2 aromatic carbocycles. The average molecular weight is 553 g/mol. The largest absolute Gasteiger partial charge is 0.619 e. The van der Waals surface area contributed by atoms with Gasteiger partial charge in [0.05, 0.1) is 5.69 Å². The van der Waals surface area contributed by atoms with E-state index < -0.39 is 0 Å². The first-order valence-electron chi connectivity index (χ1n) is 13.2. The first-order valence-corrected chi connectivity index (χ1v) is 13.2. The number of aromatic nitrogens is 5. The Balaban J connectivity index is 1.31. The zero-order valence-corrected chi connectivity index (χ0v) is 22.3. The van der Waals surface area contributed by atoms with E-state index in [1.807, 2.05) is 60.7 Å². The molecular weight excluding hydrogens is 528 g/mol. The number of fused-ring (bicyclic) bond motifs is 1. The summed E-state index contributed by atoms with van der Waals surface area (Å²) in [6.07, 6.45) is 11.2. The molecule has 204 valence electrons. The molecule has 9 nitrogen and oxygen atoms in total. The molecule has 0 saturated heterocycles. The molecular formula is C33H24N6O3. The highest BCUT2D eigenvalue weighted by Gasteiger charge is 2.15. The molecule has 6 aromatic rings. The zero-order valence-electron chi connectivity index (χ0n) is 22.3. The summed E-state index contributed by atoms with van der Waals surface area (Å²) in [6.45, 7) is 0. The van der Waals surface area contributed by atoms with Crippen molar-refractivity contribution >= 4 is 28.8 Å². The molecule has 1 N–H and O–H groups in total. The van der Waals surface area contributed by atoms with E-state index in [0.717, 1.165) is 22.3 Å². The lowest BCUT2D eigenvalue weighted by Gasteiger charge is -2.13. The summed E-state index contributed by atoms with van der Waals surface area (Å²) >= 11 is 0. The molecule has 0 radical (unpaired) electrons. The highest BCUT2D eigenvalue weighted by Crippen LogP contribution is 2.26. The van der Waals surface area contributed by atoms with E-state index in [1.54, 1.807) is 53.5 Å². The lowest BCUT2D eigenvalue weighted by atomic mass is 10.0. The summed E-state index contributed by atoms with van der Waals surface area (Å²) in [5, 5.41) is 14.1. The second-order valence-corrected chi connectivity index (χ2v) is 9.53. The highest BCUT2D eigenvalue weighted by atomic mass is 16.5. The van der Waals surface area contributed by atoms with Crippen LogP contribution in [0.3, 0.4) is 0 Å². The van der Waals surface area contributed by atoms with Gasteiger partial charge in [-0.2, -0.15) is 4.73 Å². The predicted octanol–water partition coefficient (Wildman–Crippen LogP) is 4.72. The van der Waals surface area contributed by atoms with Gasteiger partial charge in [-0.05, 0) is 70.8 Å². The normalized spacial score (nSPS) is 11.1. The fourth-order valence-electron chi connectivity index (χ4n) is 4.61. The molecule has 0 spiro atoms. The Bertz CT molecular complexity index is 1990. The van der Waals surface area contributed by atoms with Gasteiger partial charge in [0.2, 0.25) is 5.91 Å². The van der Waals surface area contributed by atoms with E-state index in [4.69, 9.17) is 0 Å². The van der Waals surface area contributed by atoms with Gasteiger partial charge in [-0.15, -0.1) is 0 Å². The third-order valence-electron chi connectivity index (χ3n) is 6.60. The molecule has 0 unspecified atom stereocenters. The molecule has 0 aliphatic carbocycles. The van der Waals surface area contributed by atoms with E-state index >= 15 is 0 Å². The van der Waals surface area contributed by atoms with Crippen molar-refractivity contribution in [3.05, 3.63) is 154 Å². The fourth-order valence-corrected chi connectivity index (χ4v) is 4.61. The number of carbonyl (C=O) groups is 1. The van der Waals surface area contributed by atoms with Gasteiger partial charge in [-0.25, -0.2) is 9.97 Å². The van der Waals surface area contributed by atoms with Crippen molar-refractivity contribution in [2.75, 3.05) is 5.32 Å². The Labute approximate surface area is 240 Å². The topological polar surface area (TPSA) is 117 Å². The van der Waals surface area contributed by atoms with Crippen LogP contribution in [0, 0.1) is 5.21 Å². The van der Waals surface area contributed by atoms with Crippen LogP contribution in [-0.2, 0) is 11.2 Å². The van der Waals surface area contributed by atoms with Crippen LogP contribution in [0.5, 0.6) is 0 Å². The van der Waals surface area contributed by atoms with Crippen LogP contribution in [0.1, 0.15) is 16.8 Å². The number of carbonyl (C=O) groups excluding carboxylic acids is 1. The summed E-state index contributed by atoms with van der Waals surface area (Å²) < 4.78 is 2.27. The lowest BCUT2D eigenvalue weighted by molar-refractivity contribution is -0.605. The van der Waals surface area contributed by atoms with Gasteiger partial charge in [-0.1, -0.05) is 30.3 Å². The molecule has 6 rings (SSSR count). The molecule has 0 bridgehead atoms. The summed E-state index contributed by atoms with van der Waals surface area (Å²) in [4.78, 5) is 39.6. The summed E-state index contributed by atoms with van der Waals surface area (Å²) in [5.41, 5.74) is 5.83. The van der Waals surface area contributed by atoms with Crippen LogP contribution < -0.4 is 15.6 Å². The minimum absolute atomic E-state index is 0.251. The molecule has 0 aliphatic heterocycles. The second-order valence-electron chi connectivity index (χ2n) is 9.53. The Hall–Kier alpha value is -5.96. The molecule has 9 heteroatoms. The van der Waals surface area contributed by atoms with Crippen molar-refractivity contribution in [2.24, 2.45) is 0 Å². The van der Waals surface area contributed by atoms with Gasteiger partial charge in [0.25, 0.3) is 5.56 Å². The maximum absolute atomic E-state index is 13.8. The van der Waals surface area contributed by atoms with E-state index in [-0.39, 0.29) is 11.5 Å². The van der Waals surface area contributed by atoms with E-state index in [0.29, 0.717) is 39.4 Å². The van der Waals surface area contributed by atoms with Gasteiger partial charge in [0, 0.05) is 48.9 Å². The van der Waals surface area contributed by atoms with Crippen LogP contribution in [0.15, 0.2) is 127 Å². The van der Waals surface area contributed by atoms with Gasteiger partial charge in [0.1, 0.15) is 11.2 Å². The quantitative estimate of drug-likeness (QED) is 0.174. The van der Waals surface area contributed by atoms with Gasteiger partial charge < -0.3 is 10.5 Å². The second kappa shape index (κ2) is 11.6. The number of hydrogen-bond acceptors (Lipinski definition) is 6. The van der Waals surface area contributed by atoms with Crippen LogP contribution in [0.25, 0.3) is 34.1 Å². The number of benzene rings is 2. The molecule has 4 aromatic heterocycles. The molecule has 42 heavy (non-hydrogen) atoms. The monoisotopic (exact) mass is 552 g/mol. The minimum Gasteiger partial charge on any atom is -0.619 e. The number of hydrogen-bond donors (Lipinski definition) is 1. The standard InChI is InChI=1S/C33H24N6O3/c40-31(12-11-23-13-17-38(42)18-14-23)36-27-8-1-6-25(20-27)26-7-2-9-28(21-26)39-32-29(10-4-16-35-32)37-30(33(39)41)19-24-5-3-15-34-22-24/h1-18,20-22H,19H2,(H,36,40). The van der Waals surface area contributed by atoms with Crippen molar-refractivity contribution in [1.29, 1.82) is 0 Å². The lowest BCUT2D eigenvalue weighted by Crippen LogP contribution is -2.25. The average Bonchev–Trinajstić information content (AvgIpc) is 3.02. The molecule has 0 atom stereocenters. The molecule has 0 saturated carbocycles. The Morgan fingerprint density at radius 2 is 1.71 bits per heavy atom. The molecule has 1 amide bonds. The zero-order chi connectivity index (χ0) is 28.9. The smallest absolute Gasteiger partial charge is 0.278 e. The number of pyridine rings is 3. The first kappa shape index (κ1) is 26.3. The molecule has 0 fully saturated rings. The van der Waals surface area contributed by atoms with Crippen molar-refractivity contribution in [3.8, 4) is 16.8 Å². The summed E-state index contributed by atoms with van der Waals surface area (Å²) in [7, 11) is 0. The van der Waals surface area contributed by atoms with Crippen LogP contribution in [-0.4, -0.2) is 25.4 Å². The van der Waals surface area contributed by atoms with Crippen LogP contribution >= 0.6 is 0 Å². The van der Waals surface area contributed by atoms with E-state index in [1.165, 1.54) is 18.5 Å². The Morgan fingerprint density at radius 3 is 2.52 bits per heavy atom. The number of amides is 1. The summed E-state index contributed by atoms with van der Waals surface area (Å²) in [5.74, 6) is -0.304. The Morgan fingerprint density at radius 1 is 0.929 bits per heavy atom. The van der Waals surface area contributed by atoms with Gasteiger partial charge in [0.15, 0.2) is 18.0 Å². The number of anilines is 1. The van der Waals surface area contributed by atoms with E-state index in [2.05, 4.69) is 20.3 Å². The van der Waals surface area contributed by atoms with Crippen molar-refractivity contribution in [3.63, 3.8) is 0 Å². The number of rotatable bonds is 7. The predicted molar refractivity (Wildman–Crippen MR) is 161 cm³/mol. The third-order valence-corrected chi connectivity index (χ3v) is 6.60. The minimum atomic E-state index is -0.304. The van der Waals surface area contributed by atoms with E-state index in [9.17, 15) is 14.8 Å². The van der Waals surface area contributed by atoms with Crippen molar-refractivity contribution < 1.29 is 9.52 Å². The Kier molecular flexibility index (Phi) is 7.29. The first-order chi connectivity index (χ1) is 20.5. The maximum Gasteiger partial charge on any atom is 0.278 e. The molecule has 0 aliphatic rings. The number of nitrogens with zero attached hydrogens (tertiary/aromatic N) is 5. The molecule has 4 heterocycles. The SMILES string of the molecule is O=C(C=Cc1cc[n+]([O-])cc1)Nc1cccc(-c2cccc(-n3c(=O)c(Cc4cccnc4)nc4cccnc43)c2)c1. The van der Waals surface area contributed by atoms with Gasteiger partial charge >= 0.3 is 0 Å². The van der Waals surface area contributed by atoms with Crippen molar-refractivity contribution in [2.45, 2.75) is 6.42 Å². The highest BCUT2D eigenvalue weighted by molar-refractivity contribution is 6.02. The van der Waals surface area contributed by atoms with Crippen molar-refractivity contribution in [1.82, 2.24) is 19.5 Å². The van der Waals surface area contributed by atoms with Gasteiger partial charge in [-0.3, -0.25) is 19.1 Å². The van der Waals surface area contributed by atoms with Crippen LogP contribution in [0.2, 0.25) is 0 Å².